The number of nitrogen functional groups attached to an aromatic ring is 1. The molecule has 2 rings (SSSR count). The molecule has 0 saturated heterocycles. The number of nitrogens with zero attached hydrogens (tertiary/aromatic N) is 2. The molecule has 18 heavy (non-hydrogen) atoms. The highest BCUT2D eigenvalue weighted by Gasteiger charge is 2.22. The number of hydrogen-bond acceptors (Lipinski definition) is 6. The van der Waals surface area contributed by atoms with Crippen LogP contribution in [0.25, 0.3) is 0 Å². The Balaban J connectivity index is 2.04. The van der Waals surface area contributed by atoms with Crippen LogP contribution < -0.4 is 16.6 Å². The third-order valence-electron chi connectivity index (χ3n) is 3.23. The van der Waals surface area contributed by atoms with Gasteiger partial charge < -0.3 is 10.7 Å². The predicted octanol–water partition coefficient (Wildman–Crippen LogP) is 2.61. The second-order valence-electron chi connectivity index (χ2n) is 4.39. The van der Waals surface area contributed by atoms with Gasteiger partial charge in [-0.2, -0.15) is 11.8 Å². The van der Waals surface area contributed by atoms with Gasteiger partial charge in [-0.25, -0.2) is 15.8 Å². The van der Waals surface area contributed by atoms with E-state index in [4.69, 9.17) is 5.84 Å². The van der Waals surface area contributed by atoms with Gasteiger partial charge in [0.25, 0.3) is 0 Å². The van der Waals surface area contributed by atoms with Crippen LogP contribution >= 0.6 is 27.7 Å². The molecule has 1 fully saturated rings. The Morgan fingerprint density at radius 1 is 1.39 bits per heavy atom. The summed E-state index contributed by atoms with van der Waals surface area (Å²) in [6.07, 6.45) is 8.66. The second kappa shape index (κ2) is 6.58. The minimum Gasteiger partial charge on any atom is -0.366 e. The summed E-state index contributed by atoms with van der Waals surface area (Å²) >= 11 is 5.42. The van der Waals surface area contributed by atoms with Gasteiger partial charge >= 0.3 is 0 Å². The van der Waals surface area contributed by atoms with Crippen LogP contribution in [0.3, 0.4) is 0 Å². The van der Waals surface area contributed by atoms with Crippen LogP contribution in [-0.4, -0.2) is 27.5 Å². The average molecular weight is 332 g/mol. The van der Waals surface area contributed by atoms with Gasteiger partial charge in [-0.1, -0.05) is 6.42 Å². The van der Waals surface area contributed by atoms with Crippen LogP contribution in [0.4, 0.5) is 11.6 Å². The lowest BCUT2D eigenvalue weighted by molar-refractivity contribution is 0.472. The third-order valence-corrected chi connectivity index (χ3v) is 5.07. The van der Waals surface area contributed by atoms with Gasteiger partial charge in [0, 0.05) is 11.3 Å². The highest BCUT2D eigenvalue weighted by molar-refractivity contribution is 9.10. The fraction of sp³-hybridized carbons (Fsp3) is 0.636. The summed E-state index contributed by atoms with van der Waals surface area (Å²) in [6.45, 7) is 0. The van der Waals surface area contributed by atoms with Gasteiger partial charge in [0.1, 0.15) is 16.6 Å². The van der Waals surface area contributed by atoms with E-state index in [1.807, 2.05) is 11.8 Å². The lowest BCUT2D eigenvalue weighted by Crippen LogP contribution is -2.29. The lowest BCUT2D eigenvalue weighted by Gasteiger charge is -2.29. The highest BCUT2D eigenvalue weighted by atomic mass is 79.9. The number of anilines is 2. The highest BCUT2D eigenvalue weighted by Crippen LogP contribution is 2.31. The van der Waals surface area contributed by atoms with Crippen molar-refractivity contribution in [2.75, 3.05) is 17.0 Å². The van der Waals surface area contributed by atoms with Gasteiger partial charge in [0.05, 0.1) is 0 Å². The van der Waals surface area contributed by atoms with E-state index < -0.39 is 0 Å². The van der Waals surface area contributed by atoms with E-state index in [0.29, 0.717) is 11.9 Å². The van der Waals surface area contributed by atoms with Crippen LogP contribution in [0, 0.1) is 0 Å². The number of rotatable bonds is 4. The first kappa shape index (κ1) is 13.9. The maximum absolute atomic E-state index is 5.39. The molecule has 0 bridgehead atoms. The summed E-state index contributed by atoms with van der Waals surface area (Å²) in [5, 5.41) is 4.23. The van der Waals surface area contributed by atoms with Gasteiger partial charge in [-0.05, 0) is 41.4 Å². The fourth-order valence-corrected chi connectivity index (χ4v) is 3.52. The number of nitrogens with two attached hydrogens (primary N) is 1. The van der Waals surface area contributed by atoms with Crippen molar-refractivity contribution in [1.29, 1.82) is 0 Å². The molecule has 1 saturated carbocycles. The Morgan fingerprint density at radius 2 is 2.17 bits per heavy atom. The van der Waals surface area contributed by atoms with Gasteiger partial charge in [0.2, 0.25) is 0 Å². The molecule has 5 nitrogen and oxygen atoms in total. The second-order valence-corrected chi connectivity index (χ2v) is 6.33. The summed E-state index contributed by atoms with van der Waals surface area (Å²) in [4.78, 5) is 8.30. The van der Waals surface area contributed by atoms with Gasteiger partial charge in [0.15, 0.2) is 5.82 Å². The monoisotopic (exact) mass is 331 g/mol. The van der Waals surface area contributed by atoms with Crippen molar-refractivity contribution in [2.45, 2.75) is 37.0 Å². The van der Waals surface area contributed by atoms with E-state index in [0.717, 1.165) is 15.5 Å². The first-order valence-corrected chi connectivity index (χ1v) is 8.09. The Bertz CT molecular complexity index is 403. The lowest BCUT2D eigenvalue weighted by atomic mass is 9.95. The molecule has 2 atom stereocenters. The van der Waals surface area contributed by atoms with Crippen LogP contribution in [0.15, 0.2) is 10.8 Å². The number of halogens is 1. The molecule has 1 aliphatic carbocycles. The number of aromatic nitrogens is 2. The Morgan fingerprint density at radius 3 is 2.89 bits per heavy atom. The molecule has 0 spiro atoms. The molecular weight excluding hydrogens is 314 g/mol. The first-order valence-electron chi connectivity index (χ1n) is 6.01. The van der Waals surface area contributed by atoms with E-state index in [-0.39, 0.29) is 0 Å². The molecule has 2 unspecified atom stereocenters. The standard InChI is InChI=1S/C11H18BrN5S/c1-18-8-4-2-3-7(5-8)16-10-9(12)11(17-13)15-6-14-10/h6-8H,2-5,13H2,1H3,(H2,14,15,16,17). The molecule has 0 amide bonds. The molecule has 4 N–H and O–H groups in total. The van der Waals surface area contributed by atoms with E-state index in [1.54, 1.807) is 0 Å². The van der Waals surface area contributed by atoms with Crippen LogP contribution in [-0.2, 0) is 0 Å². The number of hydrazine groups is 1. The van der Waals surface area contributed by atoms with E-state index >= 15 is 0 Å². The smallest absolute Gasteiger partial charge is 0.159 e. The van der Waals surface area contributed by atoms with Gasteiger partial charge in [-0.3, -0.25) is 0 Å². The molecule has 1 aromatic heterocycles. The third kappa shape index (κ3) is 3.27. The summed E-state index contributed by atoms with van der Waals surface area (Å²) < 4.78 is 0.791. The van der Waals surface area contributed by atoms with Crippen molar-refractivity contribution in [3.8, 4) is 0 Å². The first-order chi connectivity index (χ1) is 8.74. The molecular formula is C11H18BrN5S. The Kier molecular flexibility index (Phi) is 5.08. The van der Waals surface area contributed by atoms with Crippen LogP contribution in [0.1, 0.15) is 25.7 Å². The molecule has 1 aliphatic rings. The SMILES string of the molecule is CSC1CCCC(Nc2ncnc(NN)c2Br)C1. The van der Waals surface area contributed by atoms with Crippen molar-refractivity contribution in [2.24, 2.45) is 5.84 Å². The fourth-order valence-electron chi connectivity index (χ4n) is 2.25. The maximum Gasteiger partial charge on any atom is 0.159 e. The van der Waals surface area contributed by atoms with Crippen molar-refractivity contribution in [3.05, 3.63) is 10.8 Å². The zero-order chi connectivity index (χ0) is 13.0. The molecule has 0 aliphatic heterocycles. The topological polar surface area (TPSA) is 75.9 Å². The average Bonchev–Trinajstić information content (AvgIpc) is 2.41. The van der Waals surface area contributed by atoms with Crippen LogP contribution in [0.5, 0.6) is 0 Å². The summed E-state index contributed by atoms with van der Waals surface area (Å²) in [5.74, 6) is 6.81. The normalized spacial score (nSPS) is 23.7. The van der Waals surface area contributed by atoms with E-state index in [2.05, 4.69) is 42.9 Å². The van der Waals surface area contributed by atoms with Crippen molar-refractivity contribution >= 4 is 39.3 Å². The predicted molar refractivity (Wildman–Crippen MR) is 80.7 cm³/mol. The molecule has 0 aromatic carbocycles. The number of hydrogen-bond donors (Lipinski definition) is 3. The van der Waals surface area contributed by atoms with Crippen molar-refractivity contribution in [3.63, 3.8) is 0 Å². The summed E-state index contributed by atoms with van der Waals surface area (Å²) in [6, 6.07) is 0.480. The minimum absolute atomic E-state index is 0.480. The number of thioether (sulfide) groups is 1. The zero-order valence-electron chi connectivity index (χ0n) is 10.3. The molecule has 0 radical (unpaired) electrons. The van der Waals surface area contributed by atoms with Gasteiger partial charge in [-0.15, -0.1) is 0 Å². The summed E-state index contributed by atoms with van der Waals surface area (Å²) in [5.41, 5.74) is 2.55. The Hall–Kier alpha value is -0.530. The van der Waals surface area contributed by atoms with Crippen molar-refractivity contribution in [1.82, 2.24) is 9.97 Å². The maximum atomic E-state index is 5.39. The molecule has 7 heteroatoms. The van der Waals surface area contributed by atoms with E-state index in [1.165, 1.54) is 32.0 Å². The van der Waals surface area contributed by atoms with Crippen molar-refractivity contribution < 1.29 is 0 Å². The number of nitrogens with one attached hydrogen (secondary N) is 2. The molecule has 100 valence electrons. The Labute approximate surface area is 120 Å². The largest absolute Gasteiger partial charge is 0.366 e. The van der Waals surface area contributed by atoms with E-state index in [9.17, 15) is 0 Å². The zero-order valence-corrected chi connectivity index (χ0v) is 12.7. The molecule has 1 aromatic rings. The van der Waals surface area contributed by atoms with Crippen LogP contribution in [0.2, 0.25) is 0 Å². The quantitative estimate of drug-likeness (QED) is 0.581. The molecule has 1 heterocycles. The summed E-state index contributed by atoms with van der Waals surface area (Å²) in [7, 11) is 0. The minimum atomic E-state index is 0.480.